The fraction of sp³-hybridized carbons (Fsp3) is 0.240. The van der Waals surface area contributed by atoms with Crippen LogP contribution in [0.15, 0.2) is 73.7 Å². The van der Waals surface area contributed by atoms with Crippen molar-refractivity contribution in [3.05, 3.63) is 90.3 Å². The molecule has 0 saturated heterocycles. The molecule has 4 nitrogen and oxygen atoms in total. The second kappa shape index (κ2) is 9.04. The van der Waals surface area contributed by atoms with Crippen LogP contribution < -0.4 is 0 Å². The third-order valence-electron chi connectivity index (χ3n) is 6.07. The van der Waals surface area contributed by atoms with E-state index >= 15 is 0 Å². The van der Waals surface area contributed by atoms with Gasteiger partial charge in [-0.05, 0) is 73.2 Å². The number of halogens is 2. The van der Waals surface area contributed by atoms with E-state index in [0.29, 0.717) is 4.88 Å². The van der Waals surface area contributed by atoms with Crippen molar-refractivity contribution < 1.29 is 4.79 Å². The van der Waals surface area contributed by atoms with Crippen LogP contribution in [0.5, 0.6) is 0 Å². The summed E-state index contributed by atoms with van der Waals surface area (Å²) in [5, 5.41) is 6.69. The number of fused-ring (bicyclic) bond motifs is 1. The number of hydrogen-bond acceptors (Lipinski definition) is 4. The van der Waals surface area contributed by atoms with Crippen molar-refractivity contribution in [3.63, 3.8) is 0 Å². The maximum absolute atomic E-state index is 13.6. The normalized spacial score (nSPS) is 21.5. The molecule has 162 valence electrons. The Bertz CT molecular complexity index is 1210. The molecule has 2 aliphatic rings. The summed E-state index contributed by atoms with van der Waals surface area (Å²) in [4.78, 5) is 18.5. The molecule has 2 heterocycles. The molecule has 1 aromatic heterocycles. The van der Waals surface area contributed by atoms with Crippen LogP contribution in [0.25, 0.3) is 6.08 Å². The van der Waals surface area contributed by atoms with Gasteiger partial charge in [-0.2, -0.15) is 5.10 Å². The zero-order chi connectivity index (χ0) is 22.2. The molecular formula is C25H21Br2N3OS. The standard InChI is InChI=1S/C25H21Br2N3OS/c1-15-24(32-14-28-15)25(31)30-23(17-7-11-20(27)12-8-17)21-4-2-3-18(22(21)29-30)13-16-5-9-19(26)10-6-16/h5-14,21,23H,2-4H2,1H3. The van der Waals surface area contributed by atoms with Gasteiger partial charge in [0.15, 0.2) is 0 Å². The number of aromatic nitrogens is 1. The Morgan fingerprint density at radius 3 is 2.44 bits per heavy atom. The molecule has 7 heteroatoms. The number of hydrogen-bond donors (Lipinski definition) is 0. The first kappa shape index (κ1) is 21.7. The zero-order valence-electron chi connectivity index (χ0n) is 17.5. The van der Waals surface area contributed by atoms with Crippen LogP contribution in [-0.2, 0) is 0 Å². The predicted octanol–water partition coefficient (Wildman–Crippen LogP) is 7.41. The minimum atomic E-state index is -0.110. The summed E-state index contributed by atoms with van der Waals surface area (Å²) in [6.07, 6.45) is 5.30. The molecule has 5 rings (SSSR count). The highest BCUT2D eigenvalue weighted by Gasteiger charge is 2.44. The van der Waals surface area contributed by atoms with E-state index in [0.717, 1.165) is 50.7 Å². The Morgan fingerprint density at radius 2 is 1.78 bits per heavy atom. The zero-order valence-corrected chi connectivity index (χ0v) is 21.5. The van der Waals surface area contributed by atoms with E-state index in [1.54, 1.807) is 10.5 Å². The van der Waals surface area contributed by atoms with E-state index < -0.39 is 0 Å². The first-order valence-corrected chi connectivity index (χ1v) is 13.0. The van der Waals surface area contributed by atoms with Gasteiger partial charge in [-0.25, -0.2) is 9.99 Å². The van der Waals surface area contributed by atoms with E-state index in [9.17, 15) is 4.79 Å². The first-order chi connectivity index (χ1) is 15.5. The van der Waals surface area contributed by atoms with E-state index in [1.807, 2.05) is 19.1 Å². The second-order valence-electron chi connectivity index (χ2n) is 8.12. The highest BCUT2D eigenvalue weighted by molar-refractivity contribution is 9.10. The fourth-order valence-corrected chi connectivity index (χ4v) is 5.80. The SMILES string of the molecule is Cc1ncsc1C(=O)N1N=C2C(=Cc3ccc(Br)cc3)CCCC2C1c1ccc(Br)cc1. The van der Waals surface area contributed by atoms with Crippen LogP contribution >= 0.6 is 43.2 Å². The van der Waals surface area contributed by atoms with Crippen molar-refractivity contribution in [2.45, 2.75) is 32.2 Å². The number of nitrogens with zero attached hydrogens (tertiary/aromatic N) is 3. The van der Waals surface area contributed by atoms with Gasteiger partial charge in [0.05, 0.1) is 23.0 Å². The van der Waals surface area contributed by atoms with Crippen LogP contribution in [-0.4, -0.2) is 21.6 Å². The maximum Gasteiger partial charge on any atom is 0.286 e. The minimum absolute atomic E-state index is 0.0668. The third-order valence-corrected chi connectivity index (χ3v) is 8.05. The lowest BCUT2D eigenvalue weighted by Gasteiger charge is -2.29. The number of benzene rings is 2. The Hall–Kier alpha value is -2.09. The van der Waals surface area contributed by atoms with Crippen molar-refractivity contribution in [3.8, 4) is 0 Å². The number of carbonyl (C=O) groups excluding carboxylic acids is 1. The monoisotopic (exact) mass is 569 g/mol. The second-order valence-corrected chi connectivity index (χ2v) is 10.8. The lowest BCUT2D eigenvalue weighted by molar-refractivity contribution is 0.0685. The molecule has 1 fully saturated rings. The van der Waals surface area contributed by atoms with E-state index in [1.165, 1.54) is 16.9 Å². The summed E-state index contributed by atoms with van der Waals surface area (Å²) in [6.45, 7) is 1.88. The highest BCUT2D eigenvalue weighted by atomic mass is 79.9. The molecule has 2 aromatic carbocycles. The van der Waals surface area contributed by atoms with Gasteiger partial charge in [-0.1, -0.05) is 56.1 Å². The number of hydrazone groups is 1. The molecule has 2 atom stereocenters. The van der Waals surface area contributed by atoms with Crippen molar-refractivity contribution in [2.75, 3.05) is 0 Å². The van der Waals surface area contributed by atoms with Gasteiger partial charge < -0.3 is 0 Å². The quantitative estimate of drug-likeness (QED) is 0.329. The number of thiazole rings is 1. The van der Waals surface area contributed by atoms with Crippen LogP contribution in [0.4, 0.5) is 0 Å². The Balaban J connectivity index is 1.58. The maximum atomic E-state index is 13.6. The summed E-state index contributed by atoms with van der Waals surface area (Å²) in [5.74, 6) is 0.117. The molecule has 1 amide bonds. The molecule has 0 radical (unpaired) electrons. The van der Waals surface area contributed by atoms with Gasteiger partial charge >= 0.3 is 0 Å². The van der Waals surface area contributed by atoms with E-state index in [4.69, 9.17) is 5.10 Å². The summed E-state index contributed by atoms with van der Waals surface area (Å²) < 4.78 is 2.09. The average Bonchev–Trinajstić information content (AvgIpc) is 3.40. The Kier molecular flexibility index (Phi) is 6.14. The topological polar surface area (TPSA) is 45.6 Å². The predicted molar refractivity (Wildman–Crippen MR) is 137 cm³/mol. The van der Waals surface area contributed by atoms with Crippen molar-refractivity contribution in [1.29, 1.82) is 0 Å². The highest BCUT2D eigenvalue weighted by Crippen LogP contribution is 2.45. The largest absolute Gasteiger partial charge is 0.286 e. The number of rotatable bonds is 3. The average molecular weight is 571 g/mol. The van der Waals surface area contributed by atoms with Crippen molar-refractivity contribution in [1.82, 2.24) is 9.99 Å². The summed E-state index contributed by atoms with van der Waals surface area (Å²) >= 11 is 8.42. The van der Waals surface area contributed by atoms with Gasteiger partial charge in [0.2, 0.25) is 0 Å². The van der Waals surface area contributed by atoms with Gasteiger partial charge in [-0.15, -0.1) is 11.3 Å². The molecule has 3 aromatic rings. The van der Waals surface area contributed by atoms with Crippen LogP contribution in [0.3, 0.4) is 0 Å². The Labute approximate surface area is 208 Å². The number of amides is 1. The summed E-state index contributed by atoms with van der Waals surface area (Å²) in [7, 11) is 0. The number of allylic oxidation sites excluding steroid dienone is 1. The summed E-state index contributed by atoms with van der Waals surface area (Å²) in [5.41, 5.74) is 7.01. The molecule has 0 spiro atoms. The fourth-order valence-electron chi connectivity index (χ4n) is 4.53. The summed E-state index contributed by atoms with van der Waals surface area (Å²) in [6, 6.07) is 16.5. The van der Waals surface area contributed by atoms with Gasteiger partial charge in [0, 0.05) is 14.9 Å². The Morgan fingerprint density at radius 1 is 1.09 bits per heavy atom. The molecular weight excluding hydrogens is 550 g/mol. The molecule has 0 N–H and O–H groups in total. The molecule has 1 aliphatic heterocycles. The number of carbonyl (C=O) groups is 1. The minimum Gasteiger partial charge on any atom is -0.266 e. The van der Waals surface area contributed by atoms with Crippen LogP contribution in [0, 0.1) is 12.8 Å². The smallest absolute Gasteiger partial charge is 0.266 e. The molecule has 2 unspecified atom stereocenters. The molecule has 32 heavy (non-hydrogen) atoms. The molecule has 1 saturated carbocycles. The van der Waals surface area contributed by atoms with Crippen molar-refractivity contribution >= 4 is 60.9 Å². The lowest BCUT2D eigenvalue weighted by Crippen LogP contribution is -2.31. The van der Waals surface area contributed by atoms with Crippen molar-refractivity contribution in [2.24, 2.45) is 11.0 Å². The van der Waals surface area contributed by atoms with Gasteiger partial charge in [0.25, 0.3) is 5.91 Å². The van der Waals surface area contributed by atoms with Gasteiger partial charge in [0.1, 0.15) is 4.88 Å². The van der Waals surface area contributed by atoms with Gasteiger partial charge in [-0.3, -0.25) is 4.79 Å². The van der Waals surface area contributed by atoms with E-state index in [2.05, 4.69) is 79.3 Å². The van der Waals surface area contributed by atoms with Crippen LogP contribution in [0.2, 0.25) is 0 Å². The lowest BCUT2D eigenvalue weighted by atomic mass is 9.77. The third kappa shape index (κ3) is 4.14. The molecule has 0 bridgehead atoms. The van der Waals surface area contributed by atoms with Crippen LogP contribution in [0.1, 0.15) is 51.8 Å². The number of aryl methyl sites for hydroxylation is 1. The van der Waals surface area contributed by atoms with E-state index in [-0.39, 0.29) is 17.9 Å². The molecule has 1 aliphatic carbocycles. The first-order valence-electron chi connectivity index (χ1n) is 10.6.